The molecular formula is C15H18N2O2. The minimum atomic E-state index is -0.191. The third-order valence-electron chi connectivity index (χ3n) is 4.30. The largest absolute Gasteiger partial charge is 0.309 e. The summed E-state index contributed by atoms with van der Waals surface area (Å²) in [5, 5.41) is 3.29. The molecule has 2 heterocycles. The van der Waals surface area contributed by atoms with Crippen LogP contribution in [0.4, 0.5) is 0 Å². The molecule has 1 aromatic rings. The summed E-state index contributed by atoms with van der Waals surface area (Å²) in [6.07, 6.45) is 0. The predicted molar refractivity (Wildman–Crippen MR) is 70.9 cm³/mol. The summed E-state index contributed by atoms with van der Waals surface area (Å²) in [7, 11) is 0. The first-order valence-electron chi connectivity index (χ1n) is 6.74. The molecule has 0 radical (unpaired) electrons. The van der Waals surface area contributed by atoms with Gasteiger partial charge in [0.2, 0.25) is 11.8 Å². The number of likely N-dealkylation sites (tertiary alicyclic amines) is 1. The Kier molecular flexibility index (Phi) is 2.90. The smallest absolute Gasteiger partial charge is 0.233 e. The van der Waals surface area contributed by atoms with Crippen LogP contribution in [0.15, 0.2) is 18.2 Å². The monoisotopic (exact) mass is 258 g/mol. The molecule has 1 saturated heterocycles. The van der Waals surface area contributed by atoms with E-state index in [1.165, 1.54) is 16.0 Å². The molecule has 3 rings (SSSR count). The van der Waals surface area contributed by atoms with Gasteiger partial charge in [0.05, 0.1) is 6.54 Å². The third kappa shape index (κ3) is 1.96. The molecule has 4 nitrogen and oxygen atoms in total. The lowest BCUT2D eigenvalue weighted by Crippen LogP contribution is -2.30. The Morgan fingerprint density at radius 3 is 2.42 bits per heavy atom. The van der Waals surface area contributed by atoms with E-state index in [-0.39, 0.29) is 23.7 Å². The van der Waals surface area contributed by atoms with E-state index in [0.29, 0.717) is 6.54 Å². The highest BCUT2D eigenvalue weighted by Gasteiger charge is 2.41. The van der Waals surface area contributed by atoms with Gasteiger partial charge in [-0.15, -0.1) is 0 Å². The number of carbonyl (C=O) groups excluding carboxylic acids is 2. The first-order chi connectivity index (χ1) is 9.08. The van der Waals surface area contributed by atoms with E-state index in [0.717, 1.165) is 18.7 Å². The van der Waals surface area contributed by atoms with Crippen LogP contribution in [0.2, 0.25) is 0 Å². The number of nitrogens with zero attached hydrogens (tertiary/aromatic N) is 1. The molecule has 0 aliphatic carbocycles. The molecule has 1 N–H and O–H groups in total. The zero-order valence-electron chi connectivity index (χ0n) is 11.3. The number of benzene rings is 1. The van der Waals surface area contributed by atoms with Crippen LogP contribution in [-0.4, -0.2) is 16.7 Å². The van der Waals surface area contributed by atoms with E-state index in [4.69, 9.17) is 0 Å². The standard InChI is InChI=1S/C15H18N2O2/c1-9-10(2)15(19)17(14(9)18)8-11-3-4-12-6-16-7-13(12)5-11/h3-5,9-10,16H,6-8H2,1-2H3. The highest BCUT2D eigenvalue weighted by molar-refractivity contribution is 6.04. The highest BCUT2D eigenvalue weighted by atomic mass is 16.2. The number of hydrogen-bond acceptors (Lipinski definition) is 3. The normalized spacial score (nSPS) is 26.1. The minimum absolute atomic E-state index is 0.0453. The van der Waals surface area contributed by atoms with Crippen LogP contribution in [0.5, 0.6) is 0 Å². The van der Waals surface area contributed by atoms with E-state index in [2.05, 4.69) is 17.4 Å². The SMILES string of the molecule is CC1C(=O)N(Cc2ccc3c(c2)CNC3)C(=O)C1C. The molecule has 1 fully saturated rings. The van der Waals surface area contributed by atoms with Crippen molar-refractivity contribution in [1.82, 2.24) is 10.2 Å². The Morgan fingerprint density at radius 2 is 1.74 bits per heavy atom. The van der Waals surface area contributed by atoms with E-state index in [9.17, 15) is 9.59 Å². The molecule has 2 amide bonds. The lowest BCUT2D eigenvalue weighted by molar-refractivity contribution is -0.140. The lowest BCUT2D eigenvalue weighted by atomic mass is 10.00. The lowest BCUT2D eigenvalue weighted by Gasteiger charge is -2.15. The number of imide groups is 1. The van der Waals surface area contributed by atoms with Gasteiger partial charge in [0, 0.05) is 24.9 Å². The van der Waals surface area contributed by atoms with Crippen LogP contribution in [0.1, 0.15) is 30.5 Å². The van der Waals surface area contributed by atoms with E-state index in [1.54, 1.807) is 0 Å². The molecule has 0 aromatic heterocycles. The summed E-state index contributed by atoms with van der Waals surface area (Å²) in [6.45, 7) is 5.85. The molecule has 19 heavy (non-hydrogen) atoms. The van der Waals surface area contributed by atoms with E-state index < -0.39 is 0 Å². The molecular weight excluding hydrogens is 240 g/mol. The van der Waals surface area contributed by atoms with Gasteiger partial charge >= 0.3 is 0 Å². The van der Waals surface area contributed by atoms with Crippen molar-refractivity contribution in [2.24, 2.45) is 11.8 Å². The van der Waals surface area contributed by atoms with Crippen LogP contribution in [0, 0.1) is 11.8 Å². The summed E-state index contributed by atoms with van der Waals surface area (Å²) >= 11 is 0. The second-order valence-electron chi connectivity index (χ2n) is 5.55. The Hall–Kier alpha value is -1.68. The fourth-order valence-corrected chi connectivity index (χ4v) is 2.81. The van der Waals surface area contributed by atoms with Gasteiger partial charge in [-0.05, 0) is 16.7 Å². The number of rotatable bonds is 2. The third-order valence-corrected chi connectivity index (χ3v) is 4.30. The predicted octanol–water partition coefficient (Wildman–Crippen LogP) is 1.43. The summed E-state index contributed by atoms with van der Waals surface area (Å²) in [5.74, 6) is -0.473. The Balaban J connectivity index is 1.82. The first-order valence-corrected chi connectivity index (χ1v) is 6.74. The summed E-state index contributed by atoms with van der Waals surface area (Å²) in [4.78, 5) is 25.5. The number of hydrogen-bond donors (Lipinski definition) is 1. The van der Waals surface area contributed by atoms with Gasteiger partial charge < -0.3 is 5.32 Å². The van der Waals surface area contributed by atoms with Gasteiger partial charge in [-0.1, -0.05) is 32.0 Å². The van der Waals surface area contributed by atoms with Crippen molar-refractivity contribution in [3.63, 3.8) is 0 Å². The van der Waals surface area contributed by atoms with Gasteiger partial charge in [-0.2, -0.15) is 0 Å². The zero-order valence-corrected chi connectivity index (χ0v) is 11.3. The van der Waals surface area contributed by atoms with Crippen molar-refractivity contribution in [2.45, 2.75) is 33.5 Å². The fraction of sp³-hybridized carbons (Fsp3) is 0.467. The molecule has 2 atom stereocenters. The highest BCUT2D eigenvalue weighted by Crippen LogP contribution is 2.27. The average Bonchev–Trinajstić information content (AvgIpc) is 2.94. The van der Waals surface area contributed by atoms with Crippen molar-refractivity contribution in [3.8, 4) is 0 Å². The quantitative estimate of drug-likeness (QED) is 0.816. The van der Waals surface area contributed by atoms with Crippen LogP contribution >= 0.6 is 0 Å². The number of fused-ring (bicyclic) bond motifs is 1. The maximum Gasteiger partial charge on any atom is 0.233 e. The Morgan fingerprint density at radius 1 is 1.11 bits per heavy atom. The molecule has 100 valence electrons. The van der Waals surface area contributed by atoms with Crippen molar-refractivity contribution in [3.05, 3.63) is 34.9 Å². The van der Waals surface area contributed by atoms with Crippen LogP contribution in [0.3, 0.4) is 0 Å². The number of amides is 2. The minimum Gasteiger partial charge on any atom is -0.309 e. The van der Waals surface area contributed by atoms with Crippen LogP contribution < -0.4 is 5.32 Å². The topological polar surface area (TPSA) is 49.4 Å². The van der Waals surface area contributed by atoms with Gasteiger partial charge in [0.1, 0.15) is 0 Å². The number of carbonyl (C=O) groups is 2. The van der Waals surface area contributed by atoms with Gasteiger partial charge in [-0.3, -0.25) is 14.5 Å². The van der Waals surface area contributed by atoms with Crippen molar-refractivity contribution < 1.29 is 9.59 Å². The van der Waals surface area contributed by atoms with Crippen molar-refractivity contribution in [2.75, 3.05) is 0 Å². The van der Waals surface area contributed by atoms with Gasteiger partial charge in [-0.25, -0.2) is 0 Å². The summed E-state index contributed by atoms with van der Waals surface area (Å²) < 4.78 is 0. The fourth-order valence-electron chi connectivity index (χ4n) is 2.81. The Bertz CT molecular complexity index is 533. The van der Waals surface area contributed by atoms with Crippen LogP contribution in [0.25, 0.3) is 0 Å². The zero-order chi connectivity index (χ0) is 13.6. The van der Waals surface area contributed by atoms with Crippen LogP contribution in [-0.2, 0) is 29.2 Å². The second kappa shape index (κ2) is 4.46. The van der Waals surface area contributed by atoms with Crippen molar-refractivity contribution >= 4 is 11.8 Å². The Labute approximate surface area is 112 Å². The molecule has 1 aromatic carbocycles. The molecule has 0 bridgehead atoms. The molecule has 0 spiro atoms. The number of nitrogens with one attached hydrogen (secondary N) is 1. The van der Waals surface area contributed by atoms with E-state index >= 15 is 0 Å². The van der Waals surface area contributed by atoms with Crippen molar-refractivity contribution in [1.29, 1.82) is 0 Å². The molecule has 0 saturated carbocycles. The maximum atomic E-state index is 12.1. The average molecular weight is 258 g/mol. The molecule has 2 unspecified atom stereocenters. The summed E-state index contributed by atoms with van der Waals surface area (Å²) in [6, 6.07) is 6.20. The van der Waals surface area contributed by atoms with E-state index in [1.807, 2.05) is 19.9 Å². The molecule has 4 heteroatoms. The summed E-state index contributed by atoms with van der Waals surface area (Å²) in [5.41, 5.74) is 3.62. The molecule has 2 aliphatic rings. The van der Waals surface area contributed by atoms with Gasteiger partial charge in [0.25, 0.3) is 0 Å². The molecule has 2 aliphatic heterocycles. The maximum absolute atomic E-state index is 12.1. The first kappa shape index (κ1) is 12.4. The van der Waals surface area contributed by atoms with Gasteiger partial charge in [0.15, 0.2) is 0 Å². The second-order valence-corrected chi connectivity index (χ2v) is 5.55.